The molecule has 1 aliphatic heterocycles. The Balaban J connectivity index is 1.43. The number of carbonyl (C=O) groups is 1. The summed E-state index contributed by atoms with van der Waals surface area (Å²) in [5.41, 5.74) is 5.70. The van der Waals surface area contributed by atoms with E-state index in [9.17, 15) is 4.79 Å². The molecule has 1 fully saturated rings. The second-order valence-electron chi connectivity index (χ2n) is 9.01. The molecule has 1 aliphatic rings. The average molecular weight is 482 g/mol. The van der Waals surface area contributed by atoms with Gasteiger partial charge in [-0.15, -0.1) is 0 Å². The summed E-state index contributed by atoms with van der Waals surface area (Å²) in [6.07, 6.45) is 5.55. The Morgan fingerprint density at radius 3 is 2.53 bits per heavy atom. The number of benzene rings is 3. The first-order valence-electron chi connectivity index (χ1n) is 12.2. The second-order valence-corrected chi connectivity index (χ2v) is 9.01. The molecule has 184 valence electrons. The highest BCUT2D eigenvalue weighted by Crippen LogP contribution is 2.25. The van der Waals surface area contributed by atoms with E-state index in [-0.39, 0.29) is 5.91 Å². The van der Waals surface area contributed by atoms with E-state index in [4.69, 9.17) is 4.74 Å². The van der Waals surface area contributed by atoms with Crippen LogP contribution in [0.5, 0.6) is 5.75 Å². The highest BCUT2D eigenvalue weighted by molar-refractivity contribution is 5.79. The number of rotatable bonds is 9. The molecule has 0 radical (unpaired) electrons. The Morgan fingerprint density at radius 1 is 0.972 bits per heavy atom. The van der Waals surface area contributed by atoms with E-state index in [1.807, 2.05) is 34.1 Å². The summed E-state index contributed by atoms with van der Waals surface area (Å²) in [6.45, 7) is 4.06. The van der Waals surface area contributed by atoms with E-state index in [1.54, 1.807) is 13.3 Å². The molecular formula is C29H31N5O2. The number of nitrogens with one attached hydrogen (secondary N) is 1. The molecule has 4 aromatic rings. The number of ether oxygens (including phenoxy) is 1. The van der Waals surface area contributed by atoms with Crippen molar-refractivity contribution >= 4 is 11.6 Å². The zero-order chi connectivity index (χ0) is 24.7. The molecular weight excluding hydrogens is 450 g/mol. The third-order valence-electron chi connectivity index (χ3n) is 6.43. The quantitative estimate of drug-likeness (QED) is 0.391. The van der Waals surface area contributed by atoms with Gasteiger partial charge in [-0.2, -0.15) is 0 Å². The smallest absolute Gasteiger partial charge is 0.236 e. The van der Waals surface area contributed by atoms with Gasteiger partial charge in [0.05, 0.1) is 20.0 Å². The van der Waals surface area contributed by atoms with Crippen molar-refractivity contribution in [1.82, 2.24) is 19.8 Å². The standard InChI is InChI=1S/C29H31N5O2/c1-36-28-10-4-7-25(17-28)21-34(20-24-6-2-8-26(15-24)33-14-12-31-22-33)27-9-3-5-23(16-27)19-32-13-11-30-18-29(32)35/h2-10,12,14-17,22,30H,11,13,18-21H2,1H3. The van der Waals surface area contributed by atoms with Crippen LogP contribution in [0.1, 0.15) is 16.7 Å². The Morgan fingerprint density at radius 2 is 1.75 bits per heavy atom. The van der Waals surface area contributed by atoms with Crippen LogP contribution >= 0.6 is 0 Å². The lowest BCUT2D eigenvalue weighted by molar-refractivity contribution is -0.132. The fraction of sp³-hybridized carbons (Fsp3) is 0.241. The Labute approximate surface area is 211 Å². The molecule has 2 heterocycles. The summed E-state index contributed by atoms with van der Waals surface area (Å²) in [4.78, 5) is 20.8. The number of carbonyl (C=O) groups excluding carboxylic acids is 1. The number of amides is 1. The fourth-order valence-corrected chi connectivity index (χ4v) is 4.56. The maximum Gasteiger partial charge on any atom is 0.236 e. The van der Waals surface area contributed by atoms with Crippen molar-refractivity contribution in [2.45, 2.75) is 19.6 Å². The van der Waals surface area contributed by atoms with Crippen LogP contribution < -0.4 is 15.0 Å². The molecule has 1 N–H and O–H groups in total. The largest absolute Gasteiger partial charge is 0.497 e. The van der Waals surface area contributed by atoms with Crippen LogP contribution in [0.3, 0.4) is 0 Å². The van der Waals surface area contributed by atoms with Crippen LogP contribution in [0.15, 0.2) is 91.5 Å². The SMILES string of the molecule is COc1cccc(CN(Cc2cccc(-n3ccnc3)c2)c2cccc(CN3CCNCC3=O)c2)c1. The first-order valence-corrected chi connectivity index (χ1v) is 12.2. The van der Waals surface area contributed by atoms with E-state index >= 15 is 0 Å². The van der Waals surface area contributed by atoms with Gasteiger partial charge >= 0.3 is 0 Å². The molecule has 1 saturated heterocycles. The van der Waals surface area contributed by atoms with Gasteiger partial charge in [0.2, 0.25) is 5.91 Å². The van der Waals surface area contributed by atoms with Gasteiger partial charge < -0.3 is 24.4 Å². The predicted octanol–water partition coefficient (Wildman–Crippen LogP) is 4.02. The number of nitrogens with zero attached hydrogens (tertiary/aromatic N) is 4. The molecule has 3 aromatic carbocycles. The van der Waals surface area contributed by atoms with Crippen LogP contribution in [-0.2, 0) is 24.4 Å². The second kappa shape index (κ2) is 11.1. The molecule has 36 heavy (non-hydrogen) atoms. The van der Waals surface area contributed by atoms with E-state index in [2.05, 4.69) is 75.9 Å². The summed E-state index contributed by atoms with van der Waals surface area (Å²) < 4.78 is 7.48. The number of aromatic nitrogens is 2. The Bertz CT molecular complexity index is 1300. The predicted molar refractivity (Wildman–Crippen MR) is 141 cm³/mol. The zero-order valence-electron chi connectivity index (χ0n) is 20.5. The van der Waals surface area contributed by atoms with E-state index in [1.165, 1.54) is 11.1 Å². The number of methoxy groups -OCH3 is 1. The van der Waals surface area contributed by atoms with Gasteiger partial charge in [0.15, 0.2) is 0 Å². The number of imidazole rings is 1. The lowest BCUT2D eigenvalue weighted by Gasteiger charge is -2.29. The number of hydrogen-bond donors (Lipinski definition) is 1. The van der Waals surface area contributed by atoms with Crippen molar-refractivity contribution < 1.29 is 9.53 Å². The average Bonchev–Trinajstić information content (AvgIpc) is 3.46. The van der Waals surface area contributed by atoms with Gasteiger partial charge in [-0.3, -0.25) is 4.79 Å². The fourth-order valence-electron chi connectivity index (χ4n) is 4.56. The molecule has 0 atom stereocenters. The molecule has 0 unspecified atom stereocenters. The van der Waals surface area contributed by atoms with Crippen LogP contribution in [0.4, 0.5) is 5.69 Å². The summed E-state index contributed by atoms with van der Waals surface area (Å²) in [6, 6.07) is 25.2. The molecule has 0 spiro atoms. The van der Waals surface area contributed by atoms with Crippen molar-refractivity contribution in [2.75, 3.05) is 31.6 Å². The maximum atomic E-state index is 12.3. The highest BCUT2D eigenvalue weighted by atomic mass is 16.5. The van der Waals surface area contributed by atoms with Gasteiger partial charge in [-0.05, 0) is 53.1 Å². The van der Waals surface area contributed by atoms with E-state index in [0.717, 1.165) is 48.9 Å². The molecule has 0 saturated carbocycles. The van der Waals surface area contributed by atoms with E-state index in [0.29, 0.717) is 13.1 Å². The Kier molecular flexibility index (Phi) is 7.28. The van der Waals surface area contributed by atoms with Crippen LogP contribution in [0, 0.1) is 0 Å². The molecule has 0 aliphatic carbocycles. The van der Waals surface area contributed by atoms with Crippen molar-refractivity contribution in [2.24, 2.45) is 0 Å². The van der Waals surface area contributed by atoms with Crippen molar-refractivity contribution in [1.29, 1.82) is 0 Å². The number of hydrogen-bond acceptors (Lipinski definition) is 5. The minimum Gasteiger partial charge on any atom is -0.497 e. The normalized spacial score (nSPS) is 13.6. The Hall–Kier alpha value is -4.10. The van der Waals surface area contributed by atoms with Crippen LogP contribution in [0.25, 0.3) is 5.69 Å². The highest BCUT2D eigenvalue weighted by Gasteiger charge is 2.18. The van der Waals surface area contributed by atoms with Crippen LogP contribution in [0.2, 0.25) is 0 Å². The molecule has 7 nitrogen and oxygen atoms in total. The lowest BCUT2D eigenvalue weighted by atomic mass is 10.1. The topological polar surface area (TPSA) is 62.6 Å². The third kappa shape index (κ3) is 5.75. The molecule has 7 heteroatoms. The van der Waals surface area contributed by atoms with Gasteiger partial charge in [0, 0.05) is 56.5 Å². The summed E-state index contributed by atoms with van der Waals surface area (Å²) >= 11 is 0. The summed E-state index contributed by atoms with van der Waals surface area (Å²) in [7, 11) is 1.69. The molecule has 5 rings (SSSR count). The lowest BCUT2D eigenvalue weighted by Crippen LogP contribution is -2.47. The number of anilines is 1. The minimum atomic E-state index is 0.149. The van der Waals surface area contributed by atoms with Gasteiger partial charge in [-0.25, -0.2) is 4.98 Å². The van der Waals surface area contributed by atoms with Gasteiger partial charge in [0.25, 0.3) is 0 Å². The maximum absolute atomic E-state index is 12.3. The zero-order valence-corrected chi connectivity index (χ0v) is 20.5. The molecule has 0 bridgehead atoms. The van der Waals surface area contributed by atoms with Crippen molar-refractivity contribution in [3.8, 4) is 11.4 Å². The minimum absolute atomic E-state index is 0.149. The first kappa shape index (κ1) is 23.6. The van der Waals surface area contributed by atoms with E-state index < -0.39 is 0 Å². The van der Waals surface area contributed by atoms with Gasteiger partial charge in [-0.1, -0.05) is 36.4 Å². The summed E-state index contributed by atoms with van der Waals surface area (Å²) in [5, 5.41) is 3.14. The first-order chi connectivity index (χ1) is 17.7. The third-order valence-corrected chi connectivity index (χ3v) is 6.43. The molecule has 1 amide bonds. The van der Waals surface area contributed by atoms with Crippen LogP contribution in [-0.4, -0.2) is 47.1 Å². The monoisotopic (exact) mass is 481 g/mol. The summed E-state index contributed by atoms with van der Waals surface area (Å²) in [5.74, 6) is 0.997. The van der Waals surface area contributed by atoms with Crippen molar-refractivity contribution in [3.63, 3.8) is 0 Å². The van der Waals surface area contributed by atoms with Gasteiger partial charge in [0.1, 0.15) is 5.75 Å². The van der Waals surface area contributed by atoms with Crippen molar-refractivity contribution in [3.05, 3.63) is 108 Å². The number of piperazine rings is 1. The molecule has 1 aromatic heterocycles.